The van der Waals surface area contributed by atoms with E-state index in [1.165, 1.54) is 0 Å². The van der Waals surface area contributed by atoms with Gasteiger partial charge in [-0.1, -0.05) is 0 Å². The van der Waals surface area contributed by atoms with Gasteiger partial charge >= 0.3 is 0 Å². The van der Waals surface area contributed by atoms with Gasteiger partial charge in [-0.05, 0) is 19.3 Å². The Morgan fingerprint density at radius 3 is 2.55 bits per heavy atom. The zero-order chi connectivity index (χ0) is 7.84. The van der Waals surface area contributed by atoms with Crippen molar-refractivity contribution in [3.05, 3.63) is 0 Å². The third kappa shape index (κ3) is 1.38. The van der Waals surface area contributed by atoms with Crippen LogP contribution in [0.3, 0.4) is 0 Å². The summed E-state index contributed by atoms with van der Waals surface area (Å²) in [7, 11) is 0. The maximum absolute atomic E-state index is 11.4. The maximum Gasteiger partial charge on any atom is 0.225 e. The van der Waals surface area contributed by atoms with Crippen molar-refractivity contribution in [2.75, 3.05) is 13.1 Å². The van der Waals surface area contributed by atoms with Gasteiger partial charge < -0.3 is 10.6 Å². The third-order valence-corrected chi connectivity index (χ3v) is 2.46. The van der Waals surface area contributed by atoms with E-state index in [0.29, 0.717) is 11.8 Å². The molecule has 0 spiro atoms. The number of rotatable bonds is 1. The van der Waals surface area contributed by atoms with Crippen LogP contribution < -0.4 is 5.73 Å². The van der Waals surface area contributed by atoms with Crippen LogP contribution in [0.25, 0.3) is 0 Å². The zero-order valence-electron chi connectivity index (χ0n) is 6.62. The molecule has 1 heterocycles. The van der Waals surface area contributed by atoms with Crippen molar-refractivity contribution in [1.29, 1.82) is 0 Å². The summed E-state index contributed by atoms with van der Waals surface area (Å²) in [6.07, 6.45) is 3.19. The molecule has 1 atom stereocenters. The topological polar surface area (TPSA) is 46.3 Å². The Kier molecular flexibility index (Phi) is 1.60. The first-order chi connectivity index (χ1) is 5.27. The van der Waals surface area contributed by atoms with E-state index in [2.05, 4.69) is 0 Å². The van der Waals surface area contributed by atoms with Crippen LogP contribution in [0.1, 0.15) is 19.3 Å². The summed E-state index contributed by atoms with van der Waals surface area (Å²) in [5, 5.41) is 0. The van der Waals surface area contributed by atoms with Crippen LogP contribution in [0.5, 0.6) is 0 Å². The molecule has 1 saturated heterocycles. The number of amides is 1. The molecule has 11 heavy (non-hydrogen) atoms. The number of carbonyl (C=O) groups is 1. The van der Waals surface area contributed by atoms with Crippen molar-refractivity contribution in [2.24, 2.45) is 11.7 Å². The molecule has 0 bridgehead atoms. The number of nitrogens with two attached hydrogens (primary N) is 1. The molecule has 0 aromatic carbocycles. The lowest BCUT2D eigenvalue weighted by atomic mass is 10.3. The van der Waals surface area contributed by atoms with Crippen LogP contribution in [0.2, 0.25) is 0 Å². The van der Waals surface area contributed by atoms with Gasteiger partial charge in [-0.15, -0.1) is 0 Å². The van der Waals surface area contributed by atoms with E-state index in [4.69, 9.17) is 5.73 Å². The molecular formula is C8H14N2O. The minimum Gasteiger partial charge on any atom is -0.341 e. The Hall–Kier alpha value is -0.570. The molecule has 1 aliphatic heterocycles. The summed E-state index contributed by atoms with van der Waals surface area (Å²) in [6.45, 7) is 1.67. The van der Waals surface area contributed by atoms with Crippen LogP contribution in [0.15, 0.2) is 0 Å². The van der Waals surface area contributed by atoms with Crippen molar-refractivity contribution in [1.82, 2.24) is 4.90 Å². The standard InChI is InChI=1S/C8H14N2O/c9-7-3-4-10(5-7)8(11)6-1-2-6/h6-7H,1-5,9H2/t7-/m0/s1. The fourth-order valence-corrected chi connectivity index (χ4v) is 1.58. The lowest BCUT2D eigenvalue weighted by molar-refractivity contribution is -0.131. The predicted octanol–water partition coefficient (Wildman–Crippen LogP) is -0.0440. The summed E-state index contributed by atoms with van der Waals surface area (Å²) in [5.74, 6) is 0.707. The van der Waals surface area contributed by atoms with Crippen LogP contribution in [-0.2, 0) is 4.79 Å². The van der Waals surface area contributed by atoms with Crippen LogP contribution in [0.4, 0.5) is 0 Å². The molecule has 2 rings (SSSR count). The highest BCUT2D eigenvalue weighted by Gasteiger charge is 2.35. The Morgan fingerprint density at radius 1 is 1.36 bits per heavy atom. The first kappa shape index (κ1) is 7.10. The Bertz CT molecular complexity index is 177. The van der Waals surface area contributed by atoms with Crippen molar-refractivity contribution in [2.45, 2.75) is 25.3 Å². The van der Waals surface area contributed by atoms with Crippen LogP contribution >= 0.6 is 0 Å². The molecule has 3 heteroatoms. The molecular weight excluding hydrogens is 140 g/mol. The quantitative estimate of drug-likeness (QED) is 0.576. The summed E-state index contributed by atoms with van der Waals surface area (Å²) in [5.41, 5.74) is 5.69. The number of nitrogens with zero attached hydrogens (tertiary/aromatic N) is 1. The van der Waals surface area contributed by atoms with Gasteiger partial charge in [-0.25, -0.2) is 0 Å². The van der Waals surface area contributed by atoms with E-state index in [1.54, 1.807) is 0 Å². The van der Waals surface area contributed by atoms with Crippen molar-refractivity contribution in [3.8, 4) is 0 Å². The van der Waals surface area contributed by atoms with E-state index in [-0.39, 0.29) is 6.04 Å². The molecule has 1 amide bonds. The normalized spacial score (nSPS) is 31.0. The zero-order valence-corrected chi connectivity index (χ0v) is 6.62. The highest BCUT2D eigenvalue weighted by Crippen LogP contribution is 2.31. The summed E-state index contributed by atoms with van der Waals surface area (Å²) >= 11 is 0. The fraction of sp³-hybridized carbons (Fsp3) is 0.875. The molecule has 0 unspecified atom stereocenters. The highest BCUT2D eigenvalue weighted by molar-refractivity contribution is 5.81. The first-order valence-electron chi connectivity index (χ1n) is 4.32. The average Bonchev–Trinajstić information content (AvgIpc) is 2.74. The molecule has 2 aliphatic rings. The predicted molar refractivity (Wildman–Crippen MR) is 41.9 cm³/mol. The fourth-order valence-electron chi connectivity index (χ4n) is 1.58. The Morgan fingerprint density at radius 2 is 2.09 bits per heavy atom. The van der Waals surface area contributed by atoms with Gasteiger partial charge in [-0.2, -0.15) is 0 Å². The minimum atomic E-state index is 0.234. The molecule has 62 valence electrons. The minimum absolute atomic E-state index is 0.234. The molecule has 0 radical (unpaired) electrons. The molecule has 2 N–H and O–H groups in total. The van der Waals surface area contributed by atoms with Gasteiger partial charge in [0.25, 0.3) is 0 Å². The van der Waals surface area contributed by atoms with Crippen molar-refractivity contribution < 1.29 is 4.79 Å². The van der Waals surface area contributed by atoms with Gasteiger partial charge in [-0.3, -0.25) is 4.79 Å². The number of hydrogen-bond acceptors (Lipinski definition) is 2. The van der Waals surface area contributed by atoms with Crippen LogP contribution in [-0.4, -0.2) is 29.9 Å². The Labute approximate surface area is 66.5 Å². The molecule has 0 aromatic heterocycles. The summed E-state index contributed by atoms with van der Waals surface area (Å²) in [4.78, 5) is 13.3. The SMILES string of the molecule is N[C@H]1CCN(C(=O)C2CC2)C1. The molecule has 1 aliphatic carbocycles. The second kappa shape index (κ2) is 2.48. The van der Waals surface area contributed by atoms with E-state index < -0.39 is 0 Å². The molecule has 2 fully saturated rings. The number of hydrogen-bond donors (Lipinski definition) is 1. The van der Waals surface area contributed by atoms with Crippen molar-refractivity contribution in [3.63, 3.8) is 0 Å². The number of likely N-dealkylation sites (tertiary alicyclic amines) is 1. The Balaban J connectivity index is 1.89. The first-order valence-corrected chi connectivity index (χ1v) is 4.32. The van der Waals surface area contributed by atoms with Gasteiger partial charge in [0.05, 0.1) is 0 Å². The second-order valence-electron chi connectivity index (χ2n) is 3.61. The molecule has 3 nitrogen and oxygen atoms in total. The van der Waals surface area contributed by atoms with Crippen LogP contribution in [0, 0.1) is 5.92 Å². The maximum atomic E-state index is 11.4. The lowest BCUT2D eigenvalue weighted by Crippen LogP contribution is -2.32. The van der Waals surface area contributed by atoms with Gasteiger partial charge in [0, 0.05) is 25.0 Å². The molecule has 0 aromatic rings. The summed E-state index contributed by atoms with van der Waals surface area (Å²) < 4.78 is 0. The number of carbonyl (C=O) groups excluding carboxylic acids is 1. The smallest absolute Gasteiger partial charge is 0.225 e. The third-order valence-electron chi connectivity index (χ3n) is 2.46. The monoisotopic (exact) mass is 154 g/mol. The van der Waals surface area contributed by atoms with E-state index in [9.17, 15) is 4.79 Å². The lowest BCUT2D eigenvalue weighted by Gasteiger charge is -2.14. The van der Waals surface area contributed by atoms with E-state index in [1.807, 2.05) is 4.90 Å². The average molecular weight is 154 g/mol. The molecule has 1 saturated carbocycles. The van der Waals surface area contributed by atoms with E-state index in [0.717, 1.165) is 32.4 Å². The summed E-state index contributed by atoms with van der Waals surface area (Å²) in [6, 6.07) is 0.234. The second-order valence-corrected chi connectivity index (χ2v) is 3.61. The largest absolute Gasteiger partial charge is 0.341 e. The highest BCUT2D eigenvalue weighted by atomic mass is 16.2. The van der Waals surface area contributed by atoms with Gasteiger partial charge in [0.1, 0.15) is 0 Å². The van der Waals surface area contributed by atoms with Gasteiger partial charge in [0.2, 0.25) is 5.91 Å². The van der Waals surface area contributed by atoms with Crippen molar-refractivity contribution >= 4 is 5.91 Å². The van der Waals surface area contributed by atoms with E-state index >= 15 is 0 Å². The van der Waals surface area contributed by atoms with Gasteiger partial charge in [0.15, 0.2) is 0 Å².